The SMILES string of the molecule is Cc1cc(F)cc(-c2c(-c3ccccc3)ncn2CCOCCO)c1. The number of halogens is 1. The van der Waals surface area contributed by atoms with Gasteiger partial charge in [0.2, 0.25) is 0 Å². The second kappa shape index (κ2) is 8.05. The minimum absolute atomic E-state index is 0.00482. The lowest BCUT2D eigenvalue weighted by Gasteiger charge is -2.12. The Balaban J connectivity index is 2.03. The molecule has 0 saturated heterocycles. The van der Waals surface area contributed by atoms with Crippen molar-refractivity contribution >= 4 is 0 Å². The molecule has 3 rings (SSSR count). The molecule has 25 heavy (non-hydrogen) atoms. The first-order chi connectivity index (χ1) is 12.2. The number of aryl methyl sites for hydroxylation is 1. The zero-order chi connectivity index (χ0) is 17.6. The van der Waals surface area contributed by atoms with E-state index in [9.17, 15) is 4.39 Å². The summed E-state index contributed by atoms with van der Waals surface area (Å²) in [4.78, 5) is 4.56. The first-order valence-electron chi connectivity index (χ1n) is 8.26. The van der Waals surface area contributed by atoms with Crippen LogP contribution in [0.5, 0.6) is 0 Å². The van der Waals surface area contributed by atoms with Gasteiger partial charge < -0.3 is 14.4 Å². The van der Waals surface area contributed by atoms with Crippen molar-refractivity contribution in [2.24, 2.45) is 0 Å². The number of aliphatic hydroxyl groups excluding tert-OH is 1. The summed E-state index contributed by atoms with van der Waals surface area (Å²) in [5.74, 6) is -0.265. The van der Waals surface area contributed by atoms with Crippen LogP contribution in [0, 0.1) is 12.7 Å². The van der Waals surface area contributed by atoms with Crippen LogP contribution in [0.3, 0.4) is 0 Å². The van der Waals surface area contributed by atoms with Crippen molar-refractivity contribution in [1.82, 2.24) is 9.55 Å². The third kappa shape index (κ3) is 4.13. The van der Waals surface area contributed by atoms with Crippen molar-refractivity contribution in [3.8, 4) is 22.5 Å². The Morgan fingerprint density at radius 1 is 1.08 bits per heavy atom. The maximum atomic E-state index is 14.0. The second-order valence-corrected chi connectivity index (χ2v) is 5.85. The predicted molar refractivity (Wildman–Crippen MR) is 95.7 cm³/mol. The van der Waals surface area contributed by atoms with Crippen LogP contribution in [0.4, 0.5) is 4.39 Å². The van der Waals surface area contributed by atoms with Gasteiger partial charge in [-0.15, -0.1) is 0 Å². The number of aliphatic hydroxyl groups is 1. The number of imidazole rings is 1. The van der Waals surface area contributed by atoms with Crippen LogP contribution in [0.2, 0.25) is 0 Å². The number of nitrogens with zero attached hydrogens (tertiary/aromatic N) is 2. The van der Waals surface area contributed by atoms with E-state index in [0.717, 1.165) is 28.1 Å². The van der Waals surface area contributed by atoms with Gasteiger partial charge in [-0.2, -0.15) is 0 Å². The standard InChI is InChI=1S/C20H21FN2O2/c1-15-11-17(13-18(21)12-15)20-19(16-5-3-2-4-6-16)22-14-23(20)7-9-25-10-8-24/h2-6,11-14,24H,7-10H2,1H3. The van der Waals surface area contributed by atoms with Crippen molar-refractivity contribution in [1.29, 1.82) is 0 Å². The average molecular weight is 340 g/mol. The Labute approximate surface area is 146 Å². The topological polar surface area (TPSA) is 47.3 Å². The van der Waals surface area contributed by atoms with Crippen LogP contribution in [-0.4, -0.2) is 34.5 Å². The molecule has 3 aromatic rings. The number of ether oxygens (including phenoxy) is 1. The van der Waals surface area contributed by atoms with Gasteiger partial charge in [0, 0.05) is 17.7 Å². The minimum atomic E-state index is -0.265. The molecule has 0 radical (unpaired) electrons. The fourth-order valence-corrected chi connectivity index (χ4v) is 2.86. The molecule has 0 bridgehead atoms. The average Bonchev–Trinajstić information content (AvgIpc) is 3.02. The van der Waals surface area contributed by atoms with Crippen LogP contribution < -0.4 is 0 Å². The van der Waals surface area contributed by atoms with E-state index in [-0.39, 0.29) is 12.4 Å². The lowest BCUT2D eigenvalue weighted by Crippen LogP contribution is -2.09. The molecule has 4 nitrogen and oxygen atoms in total. The second-order valence-electron chi connectivity index (χ2n) is 5.85. The summed E-state index contributed by atoms with van der Waals surface area (Å²) >= 11 is 0. The Bertz CT molecular complexity index is 811. The molecule has 0 spiro atoms. The molecule has 1 N–H and O–H groups in total. The molecule has 0 amide bonds. The number of rotatable bonds is 7. The Hall–Kier alpha value is -2.50. The van der Waals surface area contributed by atoms with Crippen LogP contribution in [0.15, 0.2) is 54.9 Å². The number of benzene rings is 2. The van der Waals surface area contributed by atoms with Crippen LogP contribution in [0.25, 0.3) is 22.5 Å². The van der Waals surface area contributed by atoms with Crippen molar-refractivity contribution in [2.45, 2.75) is 13.5 Å². The third-order valence-electron chi connectivity index (χ3n) is 3.91. The Kier molecular flexibility index (Phi) is 5.58. The quantitative estimate of drug-likeness (QED) is 0.668. The summed E-state index contributed by atoms with van der Waals surface area (Å²) in [7, 11) is 0. The number of hydrogen-bond donors (Lipinski definition) is 1. The van der Waals surface area contributed by atoms with Gasteiger partial charge in [0.15, 0.2) is 0 Å². The van der Waals surface area contributed by atoms with Crippen molar-refractivity contribution < 1.29 is 14.2 Å². The van der Waals surface area contributed by atoms with E-state index < -0.39 is 0 Å². The highest BCUT2D eigenvalue weighted by atomic mass is 19.1. The molecule has 2 aromatic carbocycles. The van der Waals surface area contributed by atoms with Crippen molar-refractivity contribution in [3.05, 3.63) is 66.2 Å². The van der Waals surface area contributed by atoms with E-state index in [0.29, 0.717) is 19.8 Å². The molecule has 0 aliphatic heterocycles. The molecule has 0 aliphatic rings. The maximum Gasteiger partial charge on any atom is 0.124 e. The van der Waals surface area contributed by atoms with Crippen LogP contribution in [0.1, 0.15) is 5.56 Å². The molecule has 0 atom stereocenters. The Morgan fingerprint density at radius 3 is 2.60 bits per heavy atom. The largest absolute Gasteiger partial charge is 0.394 e. The molecule has 0 fully saturated rings. The highest BCUT2D eigenvalue weighted by Gasteiger charge is 2.16. The van der Waals surface area contributed by atoms with E-state index in [2.05, 4.69) is 4.98 Å². The summed E-state index contributed by atoms with van der Waals surface area (Å²) < 4.78 is 21.3. The summed E-state index contributed by atoms with van der Waals surface area (Å²) in [6, 6.07) is 14.8. The van der Waals surface area contributed by atoms with E-state index in [4.69, 9.17) is 9.84 Å². The lowest BCUT2D eigenvalue weighted by molar-refractivity contribution is 0.0872. The van der Waals surface area contributed by atoms with E-state index in [1.165, 1.54) is 12.1 Å². The molecule has 130 valence electrons. The lowest BCUT2D eigenvalue weighted by atomic mass is 10.0. The minimum Gasteiger partial charge on any atom is -0.394 e. The molecule has 1 heterocycles. The molecular formula is C20H21FN2O2. The summed E-state index contributed by atoms with van der Waals surface area (Å²) in [5, 5.41) is 8.82. The van der Waals surface area contributed by atoms with E-state index >= 15 is 0 Å². The van der Waals surface area contributed by atoms with E-state index in [1.54, 1.807) is 6.33 Å². The zero-order valence-electron chi connectivity index (χ0n) is 14.2. The monoisotopic (exact) mass is 340 g/mol. The first kappa shape index (κ1) is 17.3. The maximum absolute atomic E-state index is 14.0. The summed E-state index contributed by atoms with van der Waals surface area (Å²) in [6.45, 7) is 3.20. The number of aromatic nitrogens is 2. The van der Waals surface area contributed by atoms with Crippen molar-refractivity contribution in [3.63, 3.8) is 0 Å². The van der Waals surface area contributed by atoms with Gasteiger partial charge in [0.1, 0.15) is 5.82 Å². The van der Waals surface area contributed by atoms with E-state index in [1.807, 2.05) is 47.9 Å². The molecule has 5 heteroatoms. The van der Waals surface area contributed by atoms with Gasteiger partial charge in [-0.3, -0.25) is 0 Å². The van der Waals surface area contributed by atoms with Gasteiger partial charge >= 0.3 is 0 Å². The fourth-order valence-electron chi connectivity index (χ4n) is 2.86. The summed E-state index contributed by atoms with van der Waals surface area (Å²) in [5.41, 5.74) is 4.30. The van der Waals surface area contributed by atoms with Crippen LogP contribution >= 0.6 is 0 Å². The van der Waals surface area contributed by atoms with Gasteiger partial charge in [-0.1, -0.05) is 30.3 Å². The highest BCUT2D eigenvalue weighted by molar-refractivity contribution is 5.78. The van der Waals surface area contributed by atoms with Gasteiger partial charge in [0.05, 0.1) is 37.5 Å². The molecule has 0 saturated carbocycles. The third-order valence-corrected chi connectivity index (χ3v) is 3.91. The zero-order valence-corrected chi connectivity index (χ0v) is 14.2. The van der Waals surface area contributed by atoms with Crippen LogP contribution in [-0.2, 0) is 11.3 Å². The van der Waals surface area contributed by atoms with Gasteiger partial charge in [-0.05, 0) is 30.7 Å². The highest BCUT2D eigenvalue weighted by Crippen LogP contribution is 2.32. The molecule has 0 unspecified atom stereocenters. The van der Waals surface area contributed by atoms with Gasteiger partial charge in [-0.25, -0.2) is 9.37 Å². The molecule has 1 aromatic heterocycles. The van der Waals surface area contributed by atoms with Crippen molar-refractivity contribution in [2.75, 3.05) is 19.8 Å². The number of hydrogen-bond acceptors (Lipinski definition) is 3. The Morgan fingerprint density at radius 2 is 1.88 bits per heavy atom. The summed E-state index contributed by atoms with van der Waals surface area (Å²) in [6.07, 6.45) is 1.75. The first-order valence-corrected chi connectivity index (χ1v) is 8.26. The smallest absolute Gasteiger partial charge is 0.124 e. The van der Waals surface area contributed by atoms with Gasteiger partial charge in [0.25, 0.3) is 0 Å². The fraction of sp³-hybridized carbons (Fsp3) is 0.250. The molecule has 0 aliphatic carbocycles. The predicted octanol–water partition coefficient (Wildman–Crippen LogP) is 3.67. The molecular weight excluding hydrogens is 319 g/mol. The normalized spacial score (nSPS) is 11.0.